The number of fused-ring (bicyclic) bond motifs is 6. The van der Waals surface area contributed by atoms with Gasteiger partial charge in [-0.3, -0.25) is 4.79 Å². The smallest absolute Gasteiger partial charge is 0.159 e. The molecular formula is C46H68N2O5S2. The van der Waals surface area contributed by atoms with Crippen LogP contribution in [0, 0.1) is 57.2 Å². The zero-order valence-corrected chi connectivity index (χ0v) is 35.6. The first kappa shape index (κ1) is 39.4. The molecule has 1 aromatic heterocycles. The number of rotatable bonds is 1. The highest BCUT2D eigenvalue weighted by Crippen LogP contribution is 2.73. The van der Waals surface area contributed by atoms with Crippen molar-refractivity contribution in [3.63, 3.8) is 0 Å². The van der Waals surface area contributed by atoms with Crippen LogP contribution in [0.2, 0.25) is 0 Å². The highest BCUT2D eigenvalue weighted by molar-refractivity contribution is 8.76. The number of carbonyl (C=O) groups excluding carboxylic acids is 1. The van der Waals surface area contributed by atoms with Crippen molar-refractivity contribution in [2.24, 2.45) is 57.2 Å². The van der Waals surface area contributed by atoms with Crippen molar-refractivity contribution >= 4 is 27.4 Å². The average Bonchev–Trinajstić information content (AvgIpc) is 3.87. The normalized spacial score (nSPS) is 48.4. The number of hydrogen-bond acceptors (Lipinski definition) is 8. The van der Waals surface area contributed by atoms with Gasteiger partial charge in [0.25, 0.3) is 0 Å². The molecule has 1 spiro atoms. The van der Waals surface area contributed by atoms with E-state index in [1.54, 1.807) is 5.57 Å². The summed E-state index contributed by atoms with van der Waals surface area (Å²) in [6.45, 7) is 9.46. The van der Waals surface area contributed by atoms with E-state index in [-0.39, 0.29) is 59.2 Å². The molecule has 1 aliphatic heterocycles. The molecule has 0 aromatic carbocycles. The van der Waals surface area contributed by atoms with E-state index in [9.17, 15) is 25.2 Å². The van der Waals surface area contributed by atoms with Crippen LogP contribution in [-0.4, -0.2) is 71.2 Å². The third kappa shape index (κ3) is 6.18. The standard InChI is InChI=1S/C46H68N2O5S2/c1-42(2)23-31(48-16-15-47-27-48)26-55-54-25-30-18-34-32(38(49)19-33(42)28-9-8-14-45(22-28)12-5-6-13-45)11-7-10-29-17-35-36(46(30,53)44(29,34)4)20-39(50)37-21-40(51)41(52)24-43(35,37)3/h15-16,20,27,29-32,34-35,37-38,40-41,49,51-53H,5-14,17-19,21-26H2,1-4H3/t29-,30-,31+,32+,34-,35+,37+,38-,40-,41+,43-,44-,46-/m1/s1. The first-order valence-electron chi connectivity index (χ1n) is 22.2. The Balaban J connectivity index is 1.14. The molecule has 55 heavy (non-hydrogen) atoms. The maximum atomic E-state index is 14.2. The number of ketones is 1. The van der Waals surface area contributed by atoms with Gasteiger partial charge in [0.2, 0.25) is 0 Å². The van der Waals surface area contributed by atoms with Gasteiger partial charge in [-0.15, -0.1) is 0 Å². The number of hydrogen-bond donors (Lipinski definition) is 4. The van der Waals surface area contributed by atoms with E-state index in [4.69, 9.17) is 0 Å². The van der Waals surface area contributed by atoms with Crippen LogP contribution in [0.5, 0.6) is 0 Å². The lowest BCUT2D eigenvalue weighted by Gasteiger charge is -2.63. The summed E-state index contributed by atoms with van der Waals surface area (Å²) in [6, 6.07) is 0.251. The molecule has 9 heteroatoms. The number of carbonyl (C=O) groups is 1. The van der Waals surface area contributed by atoms with E-state index in [1.165, 1.54) is 50.5 Å². The molecule has 2 bridgehead atoms. The second kappa shape index (κ2) is 14.3. The van der Waals surface area contributed by atoms with Crippen LogP contribution in [0.15, 0.2) is 41.5 Å². The molecule has 0 unspecified atom stereocenters. The van der Waals surface area contributed by atoms with Crippen LogP contribution in [0.1, 0.15) is 143 Å². The molecule has 6 saturated carbocycles. The van der Waals surface area contributed by atoms with E-state index in [2.05, 4.69) is 43.4 Å². The average molecular weight is 793 g/mol. The Morgan fingerprint density at radius 3 is 2.36 bits per heavy atom. The molecule has 7 fully saturated rings. The number of aliphatic hydroxyl groups is 4. The number of allylic oxidation sites excluding steroid dienone is 2. The Bertz CT molecular complexity index is 1690. The van der Waals surface area contributed by atoms with Crippen molar-refractivity contribution in [2.75, 3.05) is 11.5 Å². The van der Waals surface area contributed by atoms with Crippen LogP contribution >= 0.6 is 21.6 Å². The molecule has 7 nitrogen and oxygen atoms in total. The number of nitrogens with zero attached hydrogens (tertiary/aromatic N) is 2. The van der Waals surface area contributed by atoms with Gasteiger partial charge in [-0.2, -0.15) is 0 Å². The topological polar surface area (TPSA) is 116 Å². The second-order valence-electron chi connectivity index (χ2n) is 21.2. The Morgan fingerprint density at radius 1 is 0.836 bits per heavy atom. The lowest BCUT2D eigenvalue weighted by Crippen LogP contribution is -2.65. The predicted octanol–water partition coefficient (Wildman–Crippen LogP) is 8.87. The quantitative estimate of drug-likeness (QED) is 0.165. The van der Waals surface area contributed by atoms with Crippen molar-refractivity contribution in [1.29, 1.82) is 0 Å². The molecular weight excluding hydrogens is 725 g/mol. The molecule has 0 amide bonds. The summed E-state index contributed by atoms with van der Waals surface area (Å²) in [5.74, 6) is 1.84. The maximum absolute atomic E-state index is 14.2. The molecule has 304 valence electrons. The Labute approximate surface area is 337 Å². The fraction of sp³-hybridized carbons (Fsp3) is 0.826. The van der Waals surface area contributed by atoms with Gasteiger partial charge in [0.15, 0.2) is 5.78 Å². The molecule has 13 atom stereocenters. The molecule has 0 radical (unpaired) electrons. The van der Waals surface area contributed by atoms with Crippen molar-refractivity contribution in [2.45, 2.75) is 167 Å². The first-order chi connectivity index (χ1) is 26.2. The van der Waals surface area contributed by atoms with Crippen molar-refractivity contribution in [3.8, 4) is 0 Å². The minimum atomic E-state index is -1.17. The van der Waals surface area contributed by atoms with E-state index in [1.807, 2.05) is 40.2 Å². The Kier molecular flexibility index (Phi) is 10.2. The van der Waals surface area contributed by atoms with Gasteiger partial charge >= 0.3 is 0 Å². The molecule has 2 heterocycles. The maximum Gasteiger partial charge on any atom is 0.159 e. The van der Waals surface area contributed by atoms with Crippen molar-refractivity contribution in [3.05, 3.63) is 41.5 Å². The predicted molar refractivity (Wildman–Crippen MR) is 221 cm³/mol. The van der Waals surface area contributed by atoms with Crippen LogP contribution in [-0.2, 0) is 4.79 Å². The molecule has 7 aliphatic carbocycles. The summed E-state index contributed by atoms with van der Waals surface area (Å²) in [5.41, 5.74) is 2.28. The minimum Gasteiger partial charge on any atom is -0.392 e. The number of aromatic nitrogens is 2. The zero-order chi connectivity index (χ0) is 38.5. The van der Waals surface area contributed by atoms with Crippen LogP contribution in [0.3, 0.4) is 0 Å². The lowest BCUT2D eigenvalue weighted by molar-refractivity contribution is -0.172. The fourth-order valence-corrected chi connectivity index (χ4v) is 18.1. The summed E-state index contributed by atoms with van der Waals surface area (Å²) in [4.78, 5) is 18.7. The van der Waals surface area contributed by atoms with Gasteiger partial charge in [-0.1, -0.05) is 79.7 Å². The summed E-state index contributed by atoms with van der Waals surface area (Å²) in [5, 5.41) is 48.6. The summed E-state index contributed by atoms with van der Waals surface area (Å²) < 4.78 is 2.30. The first-order valence-corrected chi connectivity index (χ1v) is 24.6. The highest BCUT2D eigenvalue weighted by atomic mass is 33.1. The monoisotopic (exact) mass is 792 g/mol. The Morgan fingerprint density at radius 2 is 1.60 bits per heavy atom. The van der Waals surface area contributed by atoms with Crippen LogP contribution < -0.4 is 0 Å². The fourth-order valence-electron chi connectivity index (χ4n) is 15.4. The number of imidazole rings is 1. The summed E-state index contributed by atoms with van der Waals surface area (Å²) in [6.07, 6.45) is 23.1. The van der Waals surface area contributed by atoms with E-state index in [0.29, 0.717) is 18.3 Å². The highest BCUT2D eigenvalue weighted by Gasteiger charge is 2.73. The lowest BCUT2D eigenvalue weighted by atomic mass is 9.42. The Hall–Kier alpha value is -1.10. The van der Waals surface area contributed by atoms with E-state index >= 15 is 0 Å². The zero-order valence-electron chi connectivity index (χ0n) is 33.9. The summed E-state index contributed by atoms with van der Waals surface area (Å²) in [7, 11) is 3.82. The van der Waals surface area contributed by atoms with E-state index in [0.717, 1.165) is 62.0 Å². The van der Waals surface area contributed by atoms with Crippen LogP contribution in [0.25, 0.3) is 0 Å². The number of aliphatic hydroxyl groups excluding tert-OH is 3. The molecule has 4 N–H and O–H groups in total. The van der Waals surface area contributed by atoms with Gasteiger partial charge in [0, 0.05) is 47.2 Å². The largest absolute Gasteiger partial charge is 0.392 e. The summed E-state index contributed by atoms with van der Waals surface area (Å²) >= 11 is 0. The third-order valence-electron chi connectivity index (χ3n) is 18.2. The van der Waals surface area contributed by atoms with Gasteiger partial charge in [0.1, 0.15) is 0 Å². The van der Waals surface area contributed by atoms with Crippen molar-refractivity contribution < 1.29 is 25.2 Å². The van der Waals surface area contributed by atoms with Crippen molar-refractivity contribution in [1.82, 2.24) is 9.55 Å². The van der Waals surface area contributed by atoms with Crippen LogP contribution in [0.4, 0.5) is 0 Å². The molecule has 1 saturated heterocycles. The van der Waals surface area contributed by atoms with Gasteiger partial charge in [-0.25, -0.2) is 4.98 Å². The molecule has 9 rings (SSSR count). The second-order valence-corrected chi connectivity index (χ2v) is 23.8. The SMILES string of the molecule is CC1(C)C[C@H](n2ccnc2)CSSC[C@H]2C[C@@H]3[C@H](CCC[C@@H]4C[C@H]5C(=CC(=O)[C@@H]6C[C@@H](O)[C@@H](O)C[C@@]65C)[C@@]2(O)[C@]43C)[C@H](O)CC1=C1CCCC2(CCCC2)C1. The van der Waals surface area contributed by atoms with Gasteiger partial charge in [0.05, 0.1) is 30.2 Å². The van der Waals surface area contributed by atoms with E-state index < -0.39 is 34.7 Å². The third-order valence-corrected chi connectivity index (χ3v) is 20.8. The minimum absolute atomic E-state index is 0.0140. The molecule has 8 aliphatic rings. The van der Waals surface area contributed by atoms with Gasteiger partial charge in [-0.05, 0) is 141 Å². The molecule has 1 aromatic rings. The van der Waals surface area contributed by atoms with Gasteiger partial charge < -0.3 is 25.0 Å².